The average Bonchev–Trinajstić information content (AvgIpc) is 2.73. The van der Waals surface area contributed by atoms with Crippen molar-refractivity contribution in [1.82, 2.24) is 0 Å². The third kappa shape index (κ3) is 4.50. The van der Waals surface area contributed by atoms with Crippen molar-refractivity contribution >= 4 is 26.7 Å². The molecule has 4 rings (SSSR count). The average molecular weight is 470 g/mol. The van der Waals surface area contributed by atoms with Gasteiger partial charge in [0.15, 0.2) is 5.43 Å². The zero-order valence-corrected chi connectivity index (χ0v) is 18.5. The highest BCUT2D eigenvalue weighted by Crippen LogP contribution is 2.32. The Bertz CT molecular complexity index is 1550. The van der Waals surface area contributed by atoms with Crippen molar-refractivity contribution in [1.29, 1.82) is 0 Å². The van der Waals surface area contributed by atoms with E-state index in [0.717, 1.165) is 17.7 Å². The molecular weight excluding hydrogens is 450 g/mol. The summed E-state index contributed by atoms with van der Waals surface area (Å²) in [5.41, 5.74) is 1.37. The molecule has 6 nitrogen and oxygen atoms in total. The van der Waals surface area contributed by atoms with Gasteiger partial charge in [0, 0.05) is 17.7 Å². The lowest BCUT2D eigenvalue weighted by Crippen LogP contribution is -2.17. The third-order valence-electron chi connectivity index (χ3n) is 5.23. The first kappa shape index (κ1) is 22.6. The first-order chi connectivity index (χ1) is 15.5. The molecule has 3 aromatic carbocycles. The predicted molar refractivity (Wildman–Crippen MR) is 122 cm³/mol. The SMILES string of the molecule is Cc1cc([C@@H](C)Nc2ccccc2S(N)(=O)=O)c2oc(-c3ccc(F)cc3F)cc(=O)c2c1. The van der Waals surface area contributed by atoms with Crippen molar-refractivity contribution in [2.45, 2.75) is 24.8 Å². The number of benzene rings is 3. The van der Waals surface area contributed by atoms with Crippen LogP contribution in [0.1, 0.15) is 24.1 Å². The van der Waals surface area contributed by atoms with Gasteiger partial charge in [-0.2, -0.15) is 0 Å². The van der Waals surface area contributed by atoms with Crippen LogP contribution in [0.2, 0.25) is 0 Å². The minimum absolute atomic E-state index is 0.0489. The second kappa shape index (κ2) is 8.42. The molecule has 1 aromatic heterocycles. The number of anilines is 1. The molecule has 1 heterocycles. The normalized spacial score (nSPS) is 12.6. The van der Waals surface area contributed by atoms with Gasteiger partial charge in [-0.15, -0.1) is 0 Å². The summed E-state index contributed by atoms with van der Waals surface area (Å²) in [5, 5.41) is 8.71. The molecule has 0 bridgehead atoms. The highest BCUT2D eigenvalue weighted by Gasteiger charge is 2.20. The van der Waals surface area contributed by atoms with E-state index in [-0.39, 0.29) is 32.9 Å². The molecule has 0 aliphatic heterocycles. The van der Waals surface area contributed by atoms with Crippen LogP contribution in [0.25, 0.3) is 22.3 Å². The summed E-state index contributed by atoms with van der Waals surface area (Å²) < 4.78 is 57.6. The molecule has 0 spiro atoms. The van der Waals surface area contributed by atoms with Gasteiger partial charge in [0.2, 0.25) is 10.0 Å². The van der Waals surface area contributed by atoms with Crippen molar-refractivity contribution in [2.24, 2.45) is 5.14 Å². The molecule has 0 amide bonds. The molecule has 0 saturated carbocycles. The molecule has 0 aliphatic carbocycles. The van der Waals surface area contributed by atoms with Gasteiger partial charge in [-0.1, -0.05) is 18.2 Å². The van der Waals surface area contributed by atoms with Crippen LogP contribution >= 0.6 is 0 Å². The molecule has 0 saturated heterocycles. The summed E-state index contributed by atoms with van der Waals surface area (Å²) in [4.78, 5) is 12.8. The second-order valence-electron chi connectivity index (χ2n) is 7.74. The Balaban J connectivity index is 1.87. The summed E-state index contributed by atoms with van der Waals surface area (Å²) in [5.74, 6) is -1.66. The van der Waals surface area contributed by atoms with E-state index in [1.54, 1.807) is 44.2 Å². The molecule has 9 heteroatoms. The minimum Gasteiger partial charge on any atom is -0.455 e. The van der Waals surface area contributed by atoms with Gasteiger partial charge < -0.3 is 9.73 Å². The smallest absolute Gasteiger partial charge is 0.240 e. The Morgan fingerprint density at radius 2 is 1.76 bits per heavy atom. The molecular formula is C24H20F2N2O4S. The fourth-order valence-electron chi connectivity index (χ4n) is 3.72. The lowest BCUT2D eigenvalue weighted by molar-refractivity contribution is 0.571. The lowest BCUT2D eigenvalue weighted by Gasteiger charge is -2.19. The van der Waals surface area contributed by atoms with E-state index in [9.17, 15) is 22.0 Å². The van der Waals surface area contributed by atoms with Crippen molar-refractivity contribution in [3.63, 3.8) is 0 Å². The van der Waals surface area contributed by atoms with Gasteiger partial charge in [-0.25, -0.2) is 22.3 Å². The number of fused-ring (bicyclic) bond motifs is 1. The molecule has 3 N–H and O–H groups in total. The van der Waals surface area contributed by atoms with E-state index in [1.165, 1.54) is 12.1 Å². The Labute approximate surface area is 188 Å². The van der Waals surface area contributed by atoms with E-state index >= 15 is 0 Å². The monoisotopic (exact) mass is 470 g/mol. The van der Waals surface area contributed by atoms with E-state index in [4.69, 9.17) is 9.56 Å². The zero-order chi connectivity index (χ0) is 23.9. The number of hydrogen-bond donors (Lipinski definition) is 2. The van der Waals surface area contributed by atoms with Crippen molar-refractivity contribution < 1.29 is 21.6 Å². The highest BCUT2D eigenvalue weighted by molar-refractivity contribution is 7.89. The lowest BCUT2D eigenvalue weighted by atomic mass is 10.0. The van der Waals surface area contributed by atoms with Gasteiger partial charge in [0.1, 0.15) is 27.9 Å². The number of aryl methyl sites for hydroxylation is 1. The quantitative estimate of drug-likeness (QED) is 0.433. The fraction of sp³-hybridized carbons (Fsp3) is 0.125. The summed E-state index contributed by atoms with van der Waals surface area (Å²) in [6.07, 6.45) is 0. The molecule has 33 heavy (non-hydrogen) atoms. The maximum atomic E-state index is 14.4. The molecule has 0 aliphatic rings. The maximum absolute atomic E-state index is 14.4. The van der Waals surface area contributed by atoms with Gasteiger partial charge in [0.05, 0.1) is 22.7 Å². The van der Waals surface area contributed by atoms with Crippen LogP contribution in [0.3, 0.4) is 0 Å². The number of nitrogens with one attached hydrogen (secondary N) is 1. The van der Waals surface area contributed by atoms with E-state index in [0.29, 0.717) is 11.6 Å². The van der Waals surface area contributed by atoms with Crippen LogP contribution in [-0.2, 0) is 10.0 Å². The molecule has 0 unspecified atom stereocenters. The van der Waals surface area contributed by atoms with E-state index in [2.05, 4.69) is 5.32 Å². The highest BCUT2D eigenvalue weighted by atomic mass is 32.2. The number of halogens is 2. The number of rotatable bonds is 5. The minimum atomic E-state index is -3.98. The Hall–Kier alpha value is -3.56. The van der Waals surface area contributed by atoms with Crippen molar-refractivity contribution in [3.8, 4) is 11.3 Å². The summed E-state index contributed by atoms with van der Waals surface area (Å²) in [7, 11) is -3.98. The zero-order valence-electron chi connectivity index (χ0n) is 17.7. The second-order valence-corrected chi connectivity index (χ2v) is 9.27. The Kier molecular flexibility index (Phi) is 5.77. The Morgan fingerprint density at radius 3 is 2.45 bits per heavy atom. The van der Waals surface area contributed by atoms with Crippen LogP contribution in [0.15, 0.2) is 74.8 Å². The van der Waals surface area contributed by atoms with E-state index < -0.39 is 33.1 Å². The molecule has 170 valence electrons. The fourth-order valence-corrected chi connectivity index (χ4v) is 4.42. The topological polar surface area (TPSA) is 102 Å². The number of hydrogen-bond acceptors (Lipinski definition) is 5. The number of sulfonamides is 1. The van der Waals surface area contributed by atoms with Crippen LogP contribution in [-0.4, -0.2) is 8.42 Å². The summed E-state index contributed by atoms with van der Waals surface area (Å²) in [6, 6.07) is 13.2. The van der Waals surface area contributed by atoms with Crippen molar-refractivity contribution in [3.05, 3.63) is 93.6 Å². The van der Waals surface area contributed by atoms with E-state index in [1.807, 2.05) is 0 Å². The van der Waals surface area contributed by atoms with Crippen LogP contribution in [0.4, 0.5) is 14.5 Å². The Morgan fingerprint density at radius 1 is 1.03 bits per heavy atom. The first-order valence-electron chi connectivity index (χ1n) is 9.97. The molecule has 0 fully saturated rings. The maximum Gasteiger partial charge on any atom is 0.240 e. The van der Waals surface area contributed by atoms with Gasteiger partial charge in [-0.05, 0) is 49.7 Å². The predicted octanol–water partition coefficient (Wildman–Crippen LogP) is 4.87. The summed E-state index contributed by atoms with van der Waals surface area (Å²) in [6.45, 7) is 3.57. The summed E-state index contributed by atoms with van der Waals surface area (Å²) >= 11 is 0. The number of para-hydroxylation sites is 1. The standard InChI is InChI=1S/C24H20F2N2O4S/c1-13-9-17(14(2)28-20-5-3-4-6-23(20)33(27,30)31)24-18(10-13)21(29)12-22(32-24)16-8-7-15(25)11-19(16)26/h3-12,14,28H,1-2H3,(H2,27,30,31)/t14-/m1/s1. The van der Waals surface area contributed by atoms with Crippen LogP contribution in [0.5, 0.6) is 0 Å². The number of nitrogens with two attached hydrogens (primary N) is 1. The van der Waals surface area contributed by atoms with Gasteiger partial charge in [-0.3, -0.25) is 4.79 Å². The van der Waals surface area contributed by atoms with Crippen molar-refractivity contribution in [2.75, 3.05) is 5.32 Å². The van der Waals surface area contributed by atoms with Gasteiger partial charge >= 0.3 is 0 Å². The molecule has 0 radical (unpaired) electrons. The first-order valence-corrected chi connectivity index (χ1v) is 11.5. The number of primary sulfonamides is 1. The third-order valence-corrected chi connectivity index (χ3v) is 6.20. The molecule has 4 aromatic rings. The van der Waals surface area contributed by atoms with Crippen LogP contribution < -0.4 is 15.9 Å². The molecule has 1 atom stereocenters. The largest absolute Gasteiger partial charge is 0.455 e. The van der Waals surface area contributed by atoms with Gasteiger partial charge in [0.25, 0.3) is 0 Å². The van der Waals surface area contributed by atoms with Crippen LogP contribution in [0, 0.1) is 18.6 Å².